The molecule has 7 nitrogen and oxygen atoms in total. The van der Waals surface area contributed by atoms with Crippen molar-refractivity contribution in [3.05, 3.63) is 96.3 Å². The lowest BCUT2D eigenvalue weighted by Crippen LogP contribution is -2.23. The molecule has 1 heterocycles. The lowest BCUT2D eigenvalue weighted by atomic mass is 10.1. The van der Waals surface area contributed by atoms with Crippen LogP contribution in [0.5, 0.6) is 23.3 Å². The number of hydrogen-bond acceptors (Lipinski definition) is 6. The molecule has 4 aromatic rings. The van der Waals surface area contributed by atoms with Crippen LogP contribution in [-0.2, 0) is 6.54 Å². The lowest BCUT2D eigenvalue weighted by Gasteiger charge is -2.12. The summed E-state index contributed by atoms with van der Waals surface area (Å²) < 4.78 is 16.2. The quantitative estimate of drug-likeness (QED) is 0.420. The summed E-state index contributed by atoms with van der Waals surface area (Å²) in [6.45, 7) is 0.324. The smallest absolute Gasteiger partial charge is 0.321 e. The molecule has 33 heavy (non-hydrogen) atoms. The van der Waals surface area contributed by atoms with Crippen molar-refractivity contribution in [1.29, 1.82) is 0 Å². The van der Waals surface area contributed by atoms with Crippen molar-refractivity contribution in [1.82, 2.24) is 15.3 Å². The normalized spacial score (nSPS) is 10.4. The number of nitrogens with zero attached hydrogens (tertiary/aromatic N) is 2. The summed E-state index contributed by atoms with van der Waals surface area (Å²) >= 11 is 0. The zero-order chi connectivity index (χ0) is 23.0. The van der Waals surface area contributed by atoms with Crippen molar-refractivity contribution >= 4 is 5.91 Å². The van der Waals surface area contributed by atoms with E-state index >= 15 is 0 Å². The molecule has 0 saturated carbocycles. The highest BCUT2D eigenvalue weighted by molar-refractivity contribution is 5.95. The van der Waals surface area contributed by atoms with E-state index in [4.69, 9.17) is 14.2 Å². The Morgan fingerprint density at radius 3 is 2.33 bits per heavy atom. The number of methoxy groups -OCH3 is 2. The van der Waals surface area contributed by atoms with E-state index in [-0.39, 0.29) is 11.9 Å². The summed E-state index contributed by atoms with van der Waals surface area (Å²) in [5.41, 5.74) is 2.99. The highest BCUT2D eigenvalue weighted by atomic mass is 16.5. The van der Waals surface area contributed by atoms with Gasteiger partial charge in [0.15, 0.2) is 0 Å². The Labute approximate surface area is 192 Å². The molecule has 0 aliphatic heterocycles. The molecular formula is C26H23N3O4. The van der Waals surface area contributed by atoms with E-state index in [2.05, 4.69) is 15.3 Å². The van der Waals surface area contributed by atoms with Gasteiger partial charge in [-0.2, -0.15) is 0 Å². The molecule has 0 bridgehead atoms. The van der Waals surface area contributed by atoms with E-state index in [1.165, 1.54) is 0 Å². The first-order chi connectivity index (χ1) is 16.2. The fraction of sp³-hybridized carbons (Fsp3) is 0.115. The number of para-hydroxylation sites is 1. The average Bonchev–Trinajstić information content (AvgIpc) is 2.88. The van der Waals surface area contributed by atoms with Gasteiger partial charge in [0.25, 0.3) is 5.91 Å². The molecule has 3 aromatic carbocycles. The molecule has 166 valence electrons. The Balaban J connectivity index is 1.43. The van der Waals surface area contributed by atoms with Crippen LogP contribution in [0.2, 0.25) is 0 Å². The number of nitrogens with one attached hydrogen (secondary N) is 1. The molecule has 0 aliphatic carbocycles. The van der Waals surface area contributed by atoms with Gasteiger partial charge < -0.3 is 19.5 Å². The minimum Gasteiger partial charge on any atom is -0.497 e. The van der Waals surface area contributed by atoms with Crippen LogP contribution in [0.1, 0.15) is 15.9 Å². The van der Waals surface area contributed by atoms with Crippen molar-refractivity contribution in [2.75, 3.05) is 14.2 Å². The van der Waals surface area contributed by atoms with Gasteiger partial charge in [0.05, 0.1) is 14.2 Å². The summed E-state index contributed by atoms with van der Waals surface area (Å²) in [7, 11) is 3.18. The van der Waals surface area contributed by atoms with Gasteiger partial charge in [-0.1, -0.05) is 30.3 Å². The van der Waals surface area contributed by atoms with Gasteiger partial charge in [-0.05, 0) is 42.0 Å². The lowest BCUT2D eigenvalue weighted by molar-refractivity contribution is 0.0950. The van der Waals surface area contributed by atoms with Crippen molar-refractivity contribution < 1.29 is 19.0 Å². The number of hydrogen-bond donors (Lipinski definition) is 1. The van der Waals surface area contributed by atoms with Crippen LogP contribution < -0.4 is 19.5 Å². The Kier molecular flexibility index (Phi) is 6.80. The first-order valence-corrected chi connectivity index (χ1v) is 10.3. The fourth-order valence-corrected chi connectivity index (χ4v) is 3.23. The molecule has 1 amide bonds. The van der Waals surface area contributed by atoms with E-state index in [0.29, 0.717) is 29.4 Å². The first-order valence-electron chi connectivity index (χ1n) is 10.3. The van der Waals surface area contributed by atoms with Crippen LogP contribution in [0.15, 0.2) is 85.2 Å². The third-order valence-corrected chi connectivity index (χ3v) is 4.97. The minimum atomic E-state index is -0.195. The largest absolute Gasteiger partial charge is 0.497 e. The van der Waals surface area contributed by atoms with Crippen LogP contribution in [0.4, 0.5) is 0 Å². The second kappa shape index (κ2) is 10.3. The second-order valence-electron chi connectivity index (χ2n) is 7.11. The first kappa shape index (κ1) is 21.8. The SMILES string of the molecule is COc1ccc(CNC(=O)c2cccc(-c3cnc(Oc4ccccc4)nc3)c2)c(OC)c1. The third kappa shape index (κ3) is 5.46. The van der Waals surface area contributed by atoms with Crippen LogP contribution in [0.25, 0.3) is 11.1 Å². The van der Waals surface area contributed by atoms with E-state index in [0.717, 1.165) is 16.7 Å². The number of carbonyl (C=O) groups excluding carboxylic acids is 1. The number of aromatic nitrogens is 2. The maximum atomic E-state index is 12.8. The molecule has 4 rings (SSSR count). The fourth-order valence-electron chi connectivity index (χ4n) is 3.23. The maximum absolute atomic E-state index is 12.8. The number of ether oxygens (including phenoxy) is 3. The highest BCUT2D eigenvalue weighted by Gasteiger charge is 2.11. The number of carbonyl (C=O) groups is 1. The predicted octanol–water partition coefficient (Wildman–Crippen LogP) is 4.88. The van der Waals surface area contributed by atoms with Crippen LogP contribution in [-0.4, -0.2) is 30.1 Å². The number of amides is 1. The highest BCUT2D eigenvalue weighted by Crippen LogP contribution is 2.25. The molecule has 1 aromatic heterocycles. The van der Waals surface area contributed by atoms with Gasteiger partial charge in [-0.15, -0.1) is 0 Å². The van der Waals surface area contributed by atoms with Gasteiger partial charge >= 0.3 is 6.01 Å². The van der Waals surface area contributed by atoms with Gasteiger partial charge in [0.1, 0.15) is 17.2 Å². The van der Waals surface area contributed by atoms with Gasteiger partial charge in [-0.25, -0.2) is 9.97 Å². The summed E-state index contributed by atoms with van der Waals surface area (Å²) in [5.74, 6) is 1.81. The summed E-state index contributed by atoms with van der Waals surface area (Å²) in [5, 5.41) is 2.93. The van der Waals surface area contributed by atoms with Gasteiger partial charge in [0, 0.05) is 41.7 Å². The Morgan fingerprint density at radius 1 is 0.818 bits per heavy atom. The average molecular weight is 441 g/mol. The maximum Gasteiger partial charge on any atom is 0.321 e. The minimum absolute atomic E-state index is 0.195. The Hall–Kier alpha value is -4.39. The molecule has 7 heteroatoms. The van der Waals surface area contributed by atoms with E-state index in [9.17, 15) is 4.79 Å². The number of benzene rings is 3. The zero-order valence-corrected chi connectivity index (χ0v) is 18.3. The molecule has 0 unspecified atom stereocenters. The summed E-state index contributed by atoms with van der Waals surface area (Å²) in [4.78, 5) is 21.3. The standard InChI is InChI=1S/C26H23N3O4/c1-31-23-12-11-20(24(14-23)32-2)15-27-25(30)19-8-6-7-18(13-19)21-16-28-26(29-17-21)33-22-9-4-3-5-10-22/h3-14,16-17H,15H2,1-2H3,(H,27,30). The molecule has 0 fully saturated rings. The van der Waals surface area contributed by atoms with E-state index < -0.39 is 0 Å². The van der Waals surface area contributed by atoms with Crippen LogP contribution in [0.3, 0.4) is 0 Å². The van der Waals surface area contributed by atoms with Crippen LogP contribution in [0, 0.1) is 0 Å². The Morgan fingerprint density at radius 2 is 1.61 bits per heavy atom. The molecule has 0 radical (unpaired) electrons. The molecule has 0 aliphatic rings. The van der Waals surface area contributed by atoms with Gasteiger partial charge in [-0.3, -0.25) is 4.79 Å². The Bertz CT molecular complexity index is 1230. The van der Waals surface area contributed by atoms with Crippen molar-refractivity contribution in [2.24, 2.45) is 0 Å². The van der Waals surface area contributed by atoms with Crippen LogP contribution >= 0.6 is 0 Å². The van der Waals surface area contributed by atoms with Crippen molar-refractivity contribution in [2.45, 2.75) is 6.54 Å². The van der Waals surface area contributed by atoms with Crippen molar-refractivity contribution in [3.63, 3.8) is 0 Å². The molecule has 0 atom stereocenters. The predicted molar refractivity (Wildman–Crippen MR) is 125 cm³/mol. The molecule has 0 saturated heterocycles. The van der Waals surface area contributed by atoms with Crippen molar-refractivity contribution in [3.8, 4) is 34.4 Å². The van der Waals surface area contributed by atoms with Gasteiger partial charge in [0.2, 0.25) is 0 Å². The summed E-state index contributed by atoms with van der Waals surface area (Å²) in [6.07, 6.45) is 3.34. The molecule has 0 spiro atoms. The summed E-state index contributed by atoms with van der Waals surface area (Å²) in [6, 6.07) is 22.4. The molecular weight excluding hydrogens is 418 g/mol. The van der Waals surface area contributed by atoms with E-state index in [1.54, 1.807) is 44.8 Å². The topological polar surface area (TPSA) is 82.6 Å². The zero-order valence-electron chi connectivity index (χ0n) is 18.3. The second-order valence-corrected chi connectivity index (χ2v) is 7.11. The monoisotopic (exact) mass is 441 g/mol. The third-order valence-electron chi connectivity index (χ3n) is 4.97. The molecule has 1 N–H and O–H groups in total. The van der Waals surface area contributed by atoms with E-state index in [1.807, 2.05) is 54.6 Å². The number of rotatable bonds is 8.